The van der Waals surface area contributed by atoms with Crippen LogP contribution in [0.2, 0.25) is 0 Å². The fourth-order valence-electron chi connectivity index (χ4n) is 1.82. The summed E-state index contributed by atoms with van der Waals surface area (Å²) in [4.78, 5) is 11.0. The predicted octanol–water partition coefficient (Wildman–Crippen LogP) is 1.06. The van der Waals surface area contributed by atoms with E-state index in [4.69, 9.17) is 9.63 Å². The van der Waals surface area contributed by atoms with Crippen LogP contribution in [0.1, 0.15) is 29.6 Å². The fraction of sp³-hybridized carbons (Fsp3) is 0.333. The first-order valence-corrected chi connectivity index (χ1v) is 7.75. The van der Waals surface area contributed by atoms with E-state index in [1.165, 1.54) is 23.0 Å². The first kappa shape index (κ1) is 15.3. The van der Waals surface area contributed by atoms with E-state index in [2.05, 4.69) is 9.88 Å². The Morgan fingerprint density at radius 1 is 1.52 bits per heavy atom. The van der Waals surface area contributed by atoms with Crippen LogP contribution in [0.3, 0.4) is 0 Å². The average Bonchev–Trinajstić information content (AvgIpc) is 3.06. The maximum absolute atomic E-state index is 12.1. The van der Waals surface area contributed by atoms with E-state index in [0.29, 0.717) is 18.7 Å². The lowest BCUT2D eigenvalue weighted by molar-refractivity contribution is 0.0685. The molecule has 2 aromatic heterocycles. The van der Waals surface area contributed by atoms with Gasteiger partial charge >= 0.3 is 5.97 Å². The SMILES string of the molecule is CCCn1cc(S(=O)(=O)NCc2ccno2)cc1C(=O)O. The summed E-state index contributed by atoms with van der Waals surface area (Å²) in [7, 11) is -3.81. The molecule has 0 fully saturated rings. The molecule has 0 unspecified atom stereocenters. The third-order valence-corrected chi connectivity index (χ3v) is 4.16. The Kier molecular flexibility index (Phi) is 4.43. The minimum absolute atomic E-state index is 0.0519. The number of aromatic carboxylic acids is 1. The summed E-state index contributed by atoms with van der Waals surface area (Å²) in [6, 6.07) is 2.67. The van der Waals surface area contributed by atoms with Gasteiger partial charge in [0.05, 0.1) is 12.7 Å². The van der Waals surface area contributed by atoms with Crippen molar-refractivity contribution in [3.05, 3.63) is 36.0 Å². The molecule has 2 N–H and O–H groups in total. The van der Waals surface area contributed by atoms with Crippen LogP contribution in [0.5, 0.6) is 0 Å². The van der Waals surface area contributed by atoms with Crippen LogP contribution in [0, 0.1) is 0 Å². The highest BCUT2D eigenvalue weighted by Gasteiger charge is 2.21. The minimum Gasteiger partial charge on any atom is -0.477 e. The lowest BCUT2D eigenvalue weighted by Gasteiger charge is -2.03. The molecule has 0 saturated carbocycles. The van der Waals surface area contributed by atoms with E-state index in [-0.39, 0.29) is 17.1 Å². The molecule has 2 rings (SSSR count). The quantitative estimate of drug-likeness (QED) is 0.790. The Hall–Kier alpha value is -2.13. The molecule has 0 aliphatic heterocycles. The maximum Gasteiger partial charge on any atom is 0.352 e. The number of hydrogen-bond acceptors (Lipinski definition) is 5. The predicted molar refractivity (Wildman–Crippen MR) is 72.2 cm³/mol. The zero-order valence-electron chi connectivity index (χ0n) is 11.3. The molecule has 21 heavy (non-hydrogen) atoms. The number of nitrogens with one attached hydrogen (secondary N) is 1. The number of carboxylic acids is 1. The van der Waals surface area contributed by atoms with E-state index in [1.807, 2.05) is 6.92 Å². The summed E-state index contributed by atoms with van der Waals surface area (Å²) in [5.41, 5.74) is -0.0584. The number of aryl methyl sites for hydroxylation is 1. The molecule has 2 aromatic rings. The van der Waals surface area contributed by atoms with E-state index in [1.54, 1.807) is 0 Å². The highest BCUT2D eigenvalue weighted by molar-refractivity contribution is 7.89. The molecule has 2 heterocycles. The lowest BCUT2D eigenvalue weighted by Crippen LogP contribution is -2.22. The fourth-order valence-corrected chi connectivity index (χ4v) is 2.85. The highest BCUT2D eigenvalue weighted by Crippen LogP contribution is 2.15. The first-order valence-electron chi connectivity index (χ1n) is 6.26. The highest BCUT2D eigenvalue weighted by atomic mass is 32.2. The topological polar surface area (TPSA) is 114 Å². The van der Waals surface area contributed by atoms with Crippen LogP contribution in [0.25, 0.3) is 0 Å². The Labute approximate surface area is 121 Å². The van der Waals surface area contributed by atoms with Gasteiger partial charge in [0, 0.05) is 18.8 Å². The van der Waals surface area contributed by atoms with Gasteiger partial charge in [-0.3, -0.25) is 0 Å². The molecular weight excluding hydrogens is 298 g/mol. The van der Waals surface area contributed by atoms with Gasteiger partial charge < -0.3 is 14.2 Å². The van der Waals surface area contributed by atoms with Gasteiger partial charge in [-0.1, -0.05) is 12.1 Å². The maximum atomic E-state index is 12.1. The van der Waals surface area contributed by atoms with Crippen molar-refractivity contribution in [2.24, 2.45) is 0 Å². The van der Waals surface area contributed by atoms with Crippen LogP contribution in [-0.2, 0) is 23.1 Å². The van der Waals surface area contributed by atoms with Crippen molar-refractivity contribution in [3.8, 4) is 0 Å². The molecule has 0 aliphatic carbocycles. The number of carboxylic acid groups (broad SMARTS) is 1. The van der Waals surface area contributed by atoms with E-state index in [0.717, 1.165) is 6.07 Å². The molecule has 0 bridgehead atoms. The molecule has 0 radical (unpaired) electrons. The molecule has 9 heteroatoms. The number of carbonyl (C=O) groups is 1. The van der Waals surface area contributed by atoms with Crippen molar-refractivity contribution in [2.75, 3.05) is 0 Å². The van der Waals surface area contributed by atoms with Crippen molar-refractivity contribution in [3.63, 3.8) is 0 Å². The van der Waals surface area contributed by atoms with Gasteiger partial charge in [-0.05, 0) is 12.5 Å². The van der Waals surface area contributed by atoms with Gasteiger partial charge in [0.15, 0.2) is 5.76 Å². The second-order valence-electron chi connectivity index (χ2n) is 4.36. The number of sulfonamides is 1. The Morgan fingerprint density at radius 2 is 2.29 bits per heavy atom. The summed E-state index contributed by atoms with van der Waals surface area (Å²) in [5, 5.41) is 12.6. The lowest BCUT2D eigenvalue weighted by atomic mass is 10.4. The van der Waals surface area contributed by atoms with Crippen LogP contribution in [0.15, 0.2) is 33.9 Å². The zero-order chi connectivity index (χ0) is 15.5. The van der Waals surface area contributed by atoms with Gasteiger partial charge in [0.2, 0.25) is 10.0 Å². The van der Waals surface area contributed by atoms with E-state index < -0.39 is 16.0 Å². The Balaban J connectivity index is 2.23. The van der Waals surface area contributed by atoms with Crippen molar-refractivity contribution in [1.29, 1.82) is 0 Å². The van der Waals surface area contributed by atoms with Crippen molar-refractivity contribution < 1.29 is 22.8 Å². The van der Waals surface area contributed by atoms with E-state index in [9.17, 15) is 13.2 Å². The molecule has 0 aromatic carbocycles. The molecule has 0 saturated heterocycles. The normalized spacial score (nSPS) is 11.7. The number of hydrogen-bond donors (Lipinski definition) is 2. The number of rotatable bonds is 7. The first-order chi connectivity index (χ1) is 9.94. The van der Waals surface area contributed by atoms with Crippen LogP contribution < -0.4 is 4.72 Å². The average molecular weight is 313 g/mol. The third kappa shape index (κ3) is 3.50. The van der Waals surface area contributed by atoms with E-state index >= 15 is 0 Å². The van der Waals surface area contributed by atoms with Crippen molar-refractivity contribution in [2.45, 2.75) is 31.3 Å². The van der Waals surface area contributed by atoms with Gasteiger partial charge in [0.1, 0.15) is 10.6 Å². The van der Waals surface area contributed by atoms with Crippen LogP contribution in [-0.4, -0.2) is 29.2 Å². The summed E-state index contributed by atoms with van der Waals surface area (Å²) in [5.74, 6) is -0.801. The second kappa shape index (κ2) is 6.10. The van der Waals surface area contributed by atoms with Crippen molar-refractivity contribution >= 4 is 16.0 Å². The molecule has 0 spiro atoms. The summed E-state index contributed by atoms with van der Waals surface area (Å²) in [6.45, 7) is 2.25. The monoisotopic (exact) mass is 313 g/mol. The van der Waals surface area contributed by atoms with Gasteiger partial charge in [0.25, 0.3) is 0 Å². The third-order valence-electron chi connectivity index (χ3n) is 2.79. The minimum atomic E-state index is -3.81. The van der Waals surface area contributed by atoms with Gasteiger partial charge in [-0.15, -0.1) is 0 Å². The molecule has 0 amide bonds. The molecule has 0 atom stereocenters. The van der Waals surface area contributed by atoms with Crippen LogP contribution in [0.4, 0.5) is 0 Å². The molecule has 0 aliphatic rings. The zero-order valence-corrected chi connectivity index (χ0v) is 12.1. The Bertz CT molecular complexity index is 718. The number of aromatic nitrogens is 2. The van der Waals surface area contributed by atoms with Crippen LogP contribution >= 0.6 is 0 Å². The van der Waals surface area contributed by atoms with Gasteiger partial charge in [-0.2, -0.15) is 0 Å². The number of nitrogens with zero attached hydrogens (tertiary/aromatic N) is 2. The summed E-state index contributed by atoms with van der Waals surface area (Å²) >= 11 is 0. The largest absolute Gasteiger partial charge is 0.477 e. The Morgan fingerprint density at radius 3 is 2.86 bits per heavy atom. The molecular formula is C12H15N3O5S. The smallest absolute Gasteiger partial charge is 0.352 e. The van der Waals surface area contributed by atoms with Crippen molar-refractivity contribution in [1.82, 2.24) is 14.4 Å². The second-order valence-corrected chi connectivity index (χ2v) is 6.13. The summed E-state index contributed by atoms with van der Waals surface area (Å²) in [6.07, 6.45) is 3.42. The molecule has 114 valence electrons. The standard InChI is InChI=1S/C12H15N3O5S/c1-2-5-15-8-10(6-11(15)12(16)17)21(18,19)14-7-9-3-4-13-20-9/h3-4,6,8,14H,2,5,7H2,1H3,(H,16,17). The molecule has 8 nitrogen and oxygen atoms in total. The van der Waals surface area contributed by atoms with Gasteiger partial charge in [-0.25, -0.2) is 17.9 Å². The summed E-state index contributed by atoms with van der Waals surface area (Å²) < 4.78 is 32.8.